The maximum atomic E-state index is 8.95. The molecule has 4 heteroatoms. The minimum Gasteiger partial charge on any atom is -0.374 e. The Morgan fingerprint density at radius 1 is 1.59 bits per heavy atom. The quantitative estimate of drug-likeness (QED) is 0.794. The van der Waals surface area contributed by atoms with Crippen molar-refractivity contribution in [2.45, 2.75) is 32.5 Å². The van der Waals surface area contributed by atoms with Crippen LogP contribution in [0.25, 0.3) is 0 Å². The summed E-state index contributed by atoms with van der Waals surface area (Å²) in [4.78, 5) is 2.42. The highest BCUT2D eigenvalue weighted by Crippen LogP contribution is 2.12. The Kier molecular flexibility index (Phi) is 3.82. The standard InChI is InChI=1S/C13H19N3O/c1-11(2)15-6-7-17-13(9-15)10-16-5-3-4-12(16)8-14/h3-5,11,13H,6-7,9-10H2,1-2H3. The Morgan fingerprint density at radius 3 is 3.12 bits per heavy atom. The number of aromatic nitrogens is 1. The maximum Gasteiger partial charge on any atom is 0.120 e. The summed E-state index contributed by atoms with van der Waals surface area (Å²) in [7, 11) is 0. The molecule has 1 atom stereocenters. The van der Waals surface area contributed by atoms with Crippen LogP contribution in [0.2, 0.25) is 0 Å². The van der Waals surface area contributed by atoms with E-state index in [0.29, 0.717) is 11.7 Å². The molecule has 1 saturated heterocycles. The molecule has 2 rings (SSSR count). The summed E-state index contributed by atoms with van der Waals surface area (Å²) in [5.41, 5.74) is 0.704. The zero-order valence-corrected chi connectivity index (χ0v) is 10.5. The first kappa shape index (κ1) is 12.2. The third-order valence-electron chi connectivity index (χ3n) is 3.24. The van der Waals surface area contributed by atoms with Crippen molar-refractivity contribution >= 4 is 0 Å². The topological polar surface area (TPSA) is 41.2 Å². The van der Waals surface area contributed by atoms with Gasteiger partial charge < -0.3 is 9.30 Å². The molecule has 4 nitrogen and oxygen atoms in total. The van der Waals surface area contributed by atoms with Crippen LogP contribution in [-0.2, 0) is 11.3 Å². The zero-order valence-electron chi connectivity index (χ0n) is 10.5. The van der Waals surface area contributed by atoms with E-state index in [0.717, 1.165) is 26.2 Å². The van der Waals surface area contributed by atoms with Crippen LogP contribution in [0.4, 0.5) is 0 Å². The second-order valence-electron chi connectivity index (χ2n) is 4.74. The molecule has 0 amide bonds. The molecule has 2 heterocycles. The lowest BCUT2D eigenvalue weighted by Crippen LogP contribution is -2.47. The van der Waals surface area contributed by atoms with Crippen molar-refractivity contribution in [1.29, 1.82) is 5.26 Å². The number of hydrogen-bond acceptors (Lipinski definition) is 3. The van der Waals surface area contributed by atoms with Crippen molar-refractivity contribution < 1.29 is 4.74 Å². The fraction of sp³-hybridized carbons (Fsp3) is 0.615. The number of hydrogen-bond donors (Lipinski definition) is 0. The predicted octanol–water partition coefficient (Wildman–Crippen LogP) is 1.47. The lowest BCUT2D eigenvalue weighted by Gasteiger charge is -2.35. The summed E-state index contributed by atoms with van der Waals surface area (Å²) in [6.45, 7) is 7.91. The van der Waals surface area contributed by atoms with E-state index in [9.17, 15) is 0 Å². The van der Waals surface area contributed by atoms with E-state index >= 15 is 0 Å². The van der Waals surface area contributed by atoms with Gasteiger partial charge in [0.15, 0.2) is 0 Å². The lowest BCUT2D eigenvalue weighted by molar-refractivity contribution is -0.0456. The van der Waals surface area contributed by atoms with Crippen LogP contribution in [0.1, 0.15) is 19.5 Å². The molecule has 0 N–H and O–H groups in total. The summed E-state index contributed by atoms with van der Waals surface area (Å²) in [6, 6.07) is 6.49. The first-order valence-corrected chi connectivity index (χ1v) is 6.11. The van der Waals surface area contributed by atoms with Crippen molar-refractivity contribution in [3.05, 3.63) is 24.0 Å². The SMILES string of the molecule is CC(C)N1CCOC(Cn2cccc2C#N)C1. The van der Waals surface area contributed by atoms with Crippen LogP contribution in [-0.4, -0.2) is 41.3 Å². The summed E-state index contributed by atoms with van der Waals surface area (Å²) in [5, 5.41) is 8.95. The summed E-state index contributed by atoms with van der Waals surface area (Å²) < 4.78 is 7.73. The molecule has 1 unspecified atom stereocenters. The summed E-state index contributed by atoms with van der Waals surface area (Å²) >= 11 is 0. The van der Waals surface area contributed by atoms with Gasteiger partial charge in [-0.1, -0.05) is 0 Å². The minimum absolute atomic E-state index is 0.186. The van der Waals surface area contributed by atoms with Crippen molar-refractivity contribution in [3.63, 3.8) is 0 Å². The first-order chi connectivity index (χ1) is 8.20. The largest absolute Gasteiger partial charge is 0.374 e. The van der Waals surface area contributed by atoms with E-state index in [1.54, 1.807) is 0 Å². The van der Waals surface area contributed by atoms with Crippen LogP contribution in [0.15, 0.2) is 18.3 Å². The summed E-state index contributed by atoms with van der Waals surface area (Å²) in [5.74, 6) is 0. The molecule has 0 radical (unpaired) electrons. The smallest absolute Gasteiger partial charge is 0.120 e. The van der Waals surface area contributed by atoms with Crippen LogP contribution in [0, 0.1) is 11.3 Å². The van der Waals surface area contributed by atoms with Gasteiger partial charge in [0, 0.05) is 25.3 Å². The van der Waals surface area contributed by atoms with E-state index in [2.05, 4.69) is 24.8 Å². The van der Waals surface area contributed by atoms with Crippen LogP contribution >= 0.6 is 0 Å². The Labute approximate surface area is 102 Å². The van der Waals surface area contributed by atoms with Gasteiger partial charge in [0.25, 0.3) is 0 Å². The first-order valence-electron chi connectivity index (χ1n) is 6.11. The fourth-order valence-electron chi connectivity index (χ4n) is 2.22. The molecule has 1 aliphatic heterocycles. The Balaban J connectivity index is 1.97. The van der Waals surface area contributed by atoms with Gasteiger partial charge in [0.1, 0.15) is 11.8 Å². The number of morpholine rings is 1. The van der Waals surface area contributed by atoms with Gasteiger partial charge in [-0.15, -0.1) is 0 Å². The number of nitrogens with zero attached hydrogens (tertiary/aromatic N) is 3. The van der Waals surface area contributed by atoms with Gasteiger partial charge in [0.2, 0.25) is 0 Å². The van der Waals surface area contributed by atoms with E-state index in [1.807, 2.05) is 22.9 Å². The average molecular weight is 233 g/mol. The van der Waals surface area contributed by atoms with E-state index in [4.69, 9.17) is 10.00 Å². The molecular weight excluding hydrogens is 214 g/mol. The molecule has 0 saturated carbocycles. The number of rotatable bonds is 3. The third-order valence-corrected chi connectivity index (χ3v) is 3.24. The predicted molar refractivity (Wildman–Crippen MR) is 65.6 cm³/mol. The molecule has 0 aliphatic carbocycles. The summed E-state index contributed by atoms with van der Waals surface area (Å²) in [6.07, 6.45) is 2.13. The molecule has 92 valence electrons. The molecule has 0 aromatic carbocycles. The van der Waals surface area contributed by atoms with Gasteiger partial charge in [-0.2, -0.15) is 5.26 Å². The second kappa shape index (κ2) is 5.35. The van der Waals surface area contributed by atoms with Gasteiger partial charge in [-0.3, -0.25) is 4.90 Å². The van der Waals surface area contributed by atoms with Gasteiger partial charge in [-0.25, -0.2) is 0 Å². The molecule has 0 bridgehead atoms. The highest BCUT2D eigenvalue weighted by Gasteiger charge is 2.22. The lowest BCUT2D eigenvalue weighted by atomic mass is 10.2. The van der Waals surface area contributed by atoms with Crippen molar-refractivity contribution in [2.24, 2.45) is 0 Å². The third kappa shape index (κ3) is 2.87. The Bertz CT molecular complexity index is 405. The molecule has 1 aromatic heterocycles. The highest BCUT2D eigenvalue weighted by atomic mass is 16.5. The molecule has 1 fully saturated rings. The normalized spacial score (nSPS) is 21.6. The van der Waals surface area contributed by atoms with Crippen molar-refractivity contribution in [3.8, 4) is 6.07 Å². The minimum atomic E-state index is 0.186. The zero-order chi connectivity index (χ0) is 12.3. The van der Waals surface area contributed by atoms with Crippen molar-refractivity contribution in [2.75, 3.05) is 19.7 Å². The van der Waals surface area contributed by atoms with Crippen molar-refractivity contribution in [1.82, 2.24) is 9.47 Å². The second-order valence-corrected chi connectivity index (χ2v) is 4.74. The Hall–Kier alpha value is -1.31. The highest BCUT2D eigenvalue weighted by molar-refractivity contribution is 5.22. The van der Waals surface area contributed by atoms with E-state index < -0.39 is 0 Å². The van der Waals surface area contributed by atoms with Crippen LogP contribution in [0.3, 0.4) is 0 Å². The molecule has 1 aromatic rings. The van der Waals surface area contributed by atoms with E-state index in [1.165, 1.54) is 0 Å². The van der Waals surface area contributed by atoms with E-state index in [-0.39, 0.29) is 6.10 Å². The molecule has 0 spiro atoms. The number of ether oxygens (including phenoxy) is 1. The van der Waals surface area contributed by atoms with Crippen LogP contribution < -0.4 is 0 Å². The maximum absolute atomic E-state index is 8.95. The van der Waals surface area contributed by atoms with Gasteiger partial charge in [-0.05, 0) is 26.0 Å². The van der Waals surface area contributed by atoms with Gasteiger partial charge >= 0.3 is 0 Å². The number of nitriles is 1. The van der Waals surface area contributed by atoms with Gasteiger partial charge in [0.05, 0.1) is 19.3 Å². The molecule has 1 aliphatic rings. The molecule has 17 heavy (non-hydrogen) atoms. The monoisotopic (exact) mass is 233 g/mol. The Morgan fingerprint density at radius 2 is 2.41 bits per heavy atom. The van der Waals surface area contributed by atoms with Crippen LogP contribution in [0.5, 0.6) is 0 Å². The average Bonchev–Trinajstić information content (AvgIpc) is 2.76. The molecular formula is C13H19N3O. The fourth-order valence-corrected chi connectivity index (χ4v) is 2.22.